The topological polar surface area (TPSA) is 52.2 Å². The molecule has 0 radical (unpaired) electrons. The number of hydrogen-bond donors (Lipinski definition) is 0. The summed E-state index contributed by atoms with van der Waals surface area (Å²) in [5, 5.41) is 9.39. The molecule has 108 valence electrons. The van der Waals surface area contributed by atoms with Crippen molar-refractivity contribution in [1.82, 2.24) is 19.2 Å². The van der Waals surface area contributed by atoms with Crippen molar-refractivity contribution in [1.29, 1.82) is 0 Å². The predicted octanol–water partition coefficient (Wildman–Crippen LogP) is 3.34. The van der Waals surface area contributed by atoms with Crippen molar-refractivity contribution in [2.45, 2.75) is 0 Å². The van der Waals surface area contributed by atoms with Gasteiger partial charge in [0.05, 0.1) is 21.6 Å². The van der Waals surface area contributed by atoms with Gasteiger partial charge in [0.15, 0.2) is 0 Å². The van der Waals surface area contributed by atoms with Gasteiger partial charge >= 0.3 is 0 Å². The second kappa shape index (κ2) is 4.83. The van der Waals surface area contributed by atoms with E-state index in [0.29, 0.717) is 26.9 Å². The van der Waals surface area contributed by atoms with Crippen LogP contribution in [0.4, 0.5) is 0 Å². The molecule has 0 aliphatic rings. The number of halogens is 2. The second-order valence-electron chi connectivity index (χ2n) is 4.75. The number of nitrogens with zero attached hydrogens (tertiary/aromatic N) is 4. The monoisotopic (exact) mass is 330 g/mol. The maximum atomic E-state index is 12.9. The van der Waals surface area contributed by atoms with Crippen LogP contribution in [0.2, 0.25) is 10.0 Å². The highest BCUT2D eigenvalue weighted by atomic mass is 35.5. The molecule has 0 N–H and O–H groups in total. The molecule has 0 saturated heterocycles. The molecule has 0 spiro atoms. The van der Waals surface area contributed by atoms with Crippen LogP contribution in [0.5, 0.6) is 0 Å². The first-order valence-corrected chi connectivity index (χ1v) is 7.21. The lowest BCUT2D eigenvalue weighted by Crippen LogP contribution is -2.21. The van der Waals surface area contributed by atoms with E-state index in [4.69, 9.17) is 23.2 Å². The van der Waals surface area contributed by atoms with Crippen molar-refractivity contribution >= 4 is 39.9 Å². The fraction of sp³-hybridized carbons (Fsp3) is 0. The predicted molar refractivity (Wildman–Crippen MR) is 86.1 cm³/mol. The molecule has 22 heavy (non-hydrogen) atoms. The zero-order valence-corrected chi connectivity index (χ0v) is 12.6. The third-order valence-corrected chi connectivity index (χ3v) is 4.02. The number of benzene rings is 2. The molecular formula is C15H8Cl2N4O. The summed E-state index contributed by atoms with van der Waals surface area (Å²) in [4.78, 5) is 12.9. The van der Waals surface area contributed by atoms with Gasteiger partial charge in [-0.1, -0.05) is 35.3 Å². The summed E-state index contributed by atoms with van der Waals surface area (Å²) < 4.78 is 3.19. The average Bonchev–Trinajstić information content (AvgIpc) is 2.99. The van der Waals surface area contributed by atoms with Gasteiger partial charge < -0.3 is 0 Å². The molecule has 5 nitrogen and oxygen atoms in total. The number of rotatable bonds is 1. The average molecular weight is 331 g/mol. The Morgan fingerprint density at radius 1 is 1.05 bits per heavy atom. The summed E-state index contributed by atoms with van der Waals surface area (Å²) in [5.41, 5.74) is 1.05. The minimum Gasteiger partial charge on any atom is -0.268 e. The maximum absolute atomic E-state index is 12.9. The van der Waals surface area contributed by atoms with Gasteiger partial charge in [-0.15, -0.1) is 10.2 Å². The summed E-state index contributed by atoms with van der Waals surface area (Å²) in [7, 11) is 0. The van der Waals surface area contributed by atoms with Gasteiger partial charge in [0.25, 0.3) is 5.56 Å². The Morgan fingerprint density at radius 2 is 1.86 bits per heavy atom. The Labute approximate surface area is 134 Å². The zero-order valence-electron chi connectivity index (χ0n) is 11.1. The Hall–Kier alpha value is -2.37. The number of aromatic nitrogens is 4. The number of hydrogen-bond acceptors (Lipinski definition) is 3. The van der Waals surface area contributed by atoms with E-state index in [1.54, 1.807) is 35.0 Å². The van der Waals surface area contributed by atoms with Crippen molar-refractivity contribution in [3.8, 4) is 5.69 Å². The van der Waals surface area contributed by atoms with Gasteiger partial charge in [-0.05, 0) is 30.3 Å². The van der Waals surface area contributed by atoms with Gasteiger partial charge in [-0.25, -0.2) is 4.57 Å². The molecule has 0 amide bonds. The van der Waals surface area contributed by atoms with Crippen LogP contribution in [-0.4, -0.2) is 19.2 Å². The van der Waals surface area contributed by atoms with Crippen LogP contribution in [0, 0.1) is 0 Å². The molecular weight excluding hydrogens is 323 g/mol. The van der Waals surface area contributed by atoms with Crippen LogP contribution in [0.1, 0.15) is 0 Å². The summed E-state index contributed by atoms with van der Waals surface area (Å²) >= 11 is 12.2. The molecule has 4 rings (SSSR count). The summed E-state index contributed by atoms with van der Waals surface area (Å²) in [6.07, 6.45) is 1.57. The molecule has 0 aliphatic carbocycles. The van der Waals surface area contributed by atoms with Crippen molar-refractivity contribution in [3.63, 3.8) is 0 Å². The molecule has 2 heterocycles. The van der Waals surface area contributed by atoms with Crippen molar-refractivity contribution in [2.75, 3.05) is 0 Å². The van der Waals surface area contributed by atoms with Gasteiger partial charge in [-0.3, -0.25) is 9.20 Å². The molecule has 0 unspecified atom stereocenters. The number of fused-ring (bicyclic) bond motifs is 3. The molecule has 0 fully saturated rings. The standard InChI is InChI=1S/C15H8Cl2N4O/c16-9-5-6-13(11(17)7-9)21-14(22)10-3-1-2-4-12(10)20-8-18-19-15(20)21/h1-8H. The molecule has 0 aliphatic heterocycles. The molecule has 4 aromatic rings. The highest BCUT2D eigenvalue weighted by Gasteiger charge is 2.15. The first-order valence-electron chi connectivity index (χ1n) is 6.46. The lowest BCUT2D eigenvalue weighted by molar-refractivity contribution is 0.967. The molecule has 0 saturated carbocycles. The Kier molecular flexibility index (Phi) is 2.92. The van der Waals surface area contributed by atoms with Crippen LogP contribution in [0.25, 0.3) is 22.4 Å². The normalized spacial score (nSPS) is 11.4. The summed E-state index contributed by atoms with van der Waals surface area (Å²) in [5.74, 6) is 0.396. The first kappa shape index (κ1) is 13.3. The highest BCUT2D eigenvalue weighted by Crippen LogP contribution is 2.25. The molecule has 0 bridgehead atoms. The zero-order chi connectivity index (χ0) is 15.3. The van der Waals surface area contributed by atoms with E-state index in [1.165, 1.54) is 4.57 Å². The van der Waals surface area contributed by atoms with Gasteiger partial charge in [-0.2, -0.15) is 0 Å². The third kappa shape index (κ3) is 1.83. The van der Waals surface area contributed by atoms with E-state index in [0.717, 1.165) is 5.52 Å². The van der Waals surface area contributed by atoms with Crippen molar-refractivity contribution in [3.05, 3.63) is 69.2 Å². The fourth-order valence-electron chi connectivity index (χ4n) is 2.51. The maximum Gasteiger partial charge on any atom is 0.267 e. The minimum atomic E-state index is -0.208. The molecule has 0 atom stereocenters. The van der Waals surface area contributed by atoms with Crippen LogP contribution in [0.3, 0.4) is 0 Å². The Morgan fingerprint density at radius 3 is 2.68 bits per heavy atom. The highest BCUT2D eigenvalue weighted by molar-refractivity contribution is 6.35. The lowest BCUT2D eigenvalue weighted by atomic mass is 10.2. The smallest absolute Gasteiger partial charge is 0.267 e. The van der Waals surface area contributed by atoms with Crippen LogP contribution in [0.15, 0.2) is 53.6 Å². The van der Waals surface area contributed by atoms with E-state index >= 15 is 0 Å². The molecule has 2 aromatic heterocycles. The van der Waals surface area contributed by atoms with Crippen LogP contribution in [-0.2, 0) is 0 Å². The van der Waals surface area contributed by atoms with Crippen molar-refractivity contribution in [2.24, 2.45) is 0 Å². The quantitative estimate of drug-likeness (QED) is 0.537. The minimum absolute atomic E-state index is 0.208. The van der Waals surface area contributed by atoms with E-state index in [-0.39, 0.29) is 5.56 Å². The van der Waals surface area contributed by atoms with Gasteiger partial charge in [0.2, 0.25) is 5.78 Å². The number of para-hydroxylation sites is 1. The van der Waals surface area contributed by atoms with E-state index < -0.39 is 0 Å². The van der Waals surface area contributed by atoms with Crippen LogP contribution < -0.4 is 5.56 Å². The third-order valence-electron chi connectivity index (χ3n) is 3.48. The first-order chi connectivity index (χ1) is 10.7. The summed E-state index contributed by atoms with van der Waals surface area (Å²) in [6, 6.07) is 12.2. The van der Waals surface area contributed by atoms with Crippen molar-refractivity contribution < 1.29 is 0 Å². The molecule has 7 heteroatoms. The van der Waals surface area contributed by atoms with Gasteiger partial charge in [0.1, 0.15) is 6.33 Å². The fourth-order valence-corrected chi connectivity index (χ4v) is 3.00. The summed E-state index contributed by atoms with van der Waals surface area (Å²) in [6.45, 7) is 0. The lowest BCUT2D eigenvalue weighted by Gasteiger charge is -2.11. The van der Waals surface area contributed by atoms with Crippen LogP contribution >= 0.6 is 23.2 Å². The SMILES string of the molecule is O=c1c2ccccc2n2cnnc2n1-c1ccc(Cl)cc1Cl. The van der Waals surface area contributed by atoms with Gasteiger partial charge in [0, 0.05) is 5.02 Å². The molecule has 2 aromatic carbocycles. The van der Waals surface area contributed by atoms with E-state index in [2.05, 4.69) is 10.2 Å². The Balaban J connectivity index is 2.23. The second-order valence-corrected chi connectivity index (χ2v) is 5.60. The Bertz CT molecular complexity index is 1080. The van der Waals surface area contributed by atoms with E-state index in [1.807, 2.05) is 18.2 Å². The largest absolute Gasteiger partial charge is 0.268 e. The van der Waals surface area contributed by atoms with E-state index in [9.17, 15) is 4.79 Å².